The van der Waals surface area contributed by atoms with E-state index >= 15 is 0 Å². The molecular formula is C21H22N4O4. The Morgan fingerprint density at radius 3 is 2.83 bits per heavy atom. The summed E-state index contributed by atoms with van der Waals surface area (Å²) in [6, 6.07) is 9.20. The average molecular weight is 394 g/mol. The van der Waals surface area contributed by atoms with Crippen molar-refractivity contribution >= 4 is 22.8 Å². The number of rotatable bonds is 3. The van der Waals surface area contributed by atoms with E-state index in [4.69, 9.17) is 4.74 Å². The van der Waals surface area contributed by atoms with Gasteiger partial charge in [0.15, 0.2) is 0 Å². The third kappa shape index (κ3) is 3.00. The van der Waals surface area contributed by atoms with Crippen LogP contribution in [0.4, 0.5) is 5.82 Å². The van der Waals surface area contributed by atoms with Gasteiger partial charge in [-0.1, -0.05) is 18.2 Å². The molecule has 3 atom stereocenters. The van der Waals surface area contributed by atoms with Crippen molar-refractivity contribution in [1.82, 2.24) is 14.5 Å². The number of aryl methyl sites for hydroxylation is 1. The zero-order chi connectivity index (χ0) is 20.0. The highest BCUT2D eigenvalue weighted by molar-refractivity contribution is 6.10. The molecule has 2 N–H and O–H groups in total. The molecule has 4 heterocycles. The largest absolute Gasteiger partial charge is 0.394 e. The average Bonchev–Trinajstić information content (AvgIpc) is 3.25. The number of aliphatic hydroxyl groups excluding tert-OH is 2. The van der Waals surface area contributed by atoms with Crippen LogP contribution in [0.2, 0.25) is 0 Å². The minimum atomic E-state index is -0.726. The lowest BCUT2D eigenvalue weighted by atomic mass is 10.1. The number of benzene rings is 1. The maximum atomic E-state index is 13.2. The van der Waals surface area contributed by atoms with E-state index < -0.39 is 18.4 Å². The summed E-state index contributed by atoms with van der Waals surface area (Å²) in [7, 11) is 0. The van der Waals surface area contributed by atoms with Crippen LogP contribution in [0.1, 0.15) is 35.0 Å². The summed E-state index contributed by atoms with van der Waals surface area (Å²) in [5.74, 6) is 0.520. The quantitative estimate of drug-likeness (QED) is 0.701. The number of aliphatic hydroxyl groups is 2. The van der Waals surface area contributed by atoms with E-state index in [0.29, 0.717) is 30.0 Å². The van der Waals surface area contributed by atoms with Crippen LogP contribution < -0.4 is 4.90 Å². The zero-order valence-electron chi connectivity index (χ0n) is 15.8. The fraction of sp³-hybridized carbons (Fsp3) is 0.381. The second-order valence-corrected chi connectivity index (χ2v) is 7.50. The first-order chi connectivity index (χ1) is 14.2. The predicted molar refractivity (Wildman–Crippen MR) is 106 cm³/mol. The standard InChI is InChI=1S/C21H22N4O4/c26-11-16-15(27)9-17(29-16)25-10-14-7-4-8-24(19-18(14)20(25)23-12-22-19)21(28)13-5-2-1-3-6-13/h1-3,5-6,10,12,15-17,26-27H,4,7-9,11H2/t15-,16+,17-/m0/s1. The molecule has 3 aromatic rings. The van der Waals surface area contributed by atoms with E-state index in [-0.39, 0.29) is 12.5 Å². The van der Waals surface area contributed by atoms with Gasteiger partial charge < -0.3 is 19.5 Å². The SMILES string of the molecule is O=C(c1ccccc1)N1CCCc2cn([C@@H]3C[C@H](O)[C@@H](CO)O3)c3ncnc1c23. The second-order valence-electron chi connectivity index (χ2n) is 7.50. The third-order valence-corrected chi connectivity index (χ3v) is 5.71. The predicted octanol–water partition coefficient (Wildman–Crippen LogP) is 1.66. The van der Waals surface area contributed by atoms with Crippen LogP contribution in [-0.2, 0) is 11.2 Å². The van der Waals surface area contributed by atoms with Gasteiger partial charge in [-0.25, -0.2) is 9.97 Å². The summed E-state index contributed by atoms with van der Waals surface area (Å²) in [5, 5.41) is 20.4. The van der Waals surface area contributed by atoms with Crippen molar-refractivity contribution in [2.75, 3.05) is 18.1 Å². The van der Waals surface area contributed by atoms with E-state index in [1.165, 1.54) is 6.33 Å². The van der Waals surface area contributed by atoms with Crippen molar-refractivity contribution in [1.29, 1.82) is 0 Å². The molecule has 2 aromatic heterocycles. The van der Waals surface area contributed by atoms with Crippen LogP contribution in [0, 0.1) is 0 Å². The van der Waals surface area contributed by atoms with Gasteiger partial charge in [-0.2, -0.15) is 0 Å². The first-order valence-corrected chi connectivity index (χ1v) is 9.83. The summed E-state index contributed by atoms with van der Waals surface area (Å²) >= 11 is 0. The summed E-state index contributed by atoms with van der Waals surface area (Å²) in [6.07, 6.45) is 3.67. The number of ether oxygens (including phenoxy) is 1. The van der Waals surface area contributed by atoms with Gasteiger partial charge in [-0.15, -0.1) is 0 Å². The van der Waals surface area contributed by atoms with Gasteiger partial charge in [-0.3, -0.25) is 9.69 Å². The van der Waals surface area contributed by atoms with E-state index in [0.717, 1.165) is 23.8 Å². The number of hydrogen-bond donors (Lipinski definition) is 2. The van der Waals surface area contributed by atoms with Crippen LogP contribution in [0.5, 0.6) is 0 Å². The van der Waals surface area contributed by atoms with Crippen molar-refractivity contribution in [2.45, 2.75) is 37.7 Å². The maximum Gasteiger partial charge on any atom is 0.259 e. The summed E-state index contributed by atoms with van der Waals surface area (Å²) in [6.45, 7) is 0.350. The molecule has 1 saturated heterocycles. The normalized spacial score (nSPS) is 24.1. The number of aromatic nitrogens is 3. The Kier molecular flexibility index (Phi) is 4.54. The monoisotopic (exact) mass is 394 g/mol. The number of amides is 1. The van der Waals surface area contributed by atoms with Crippen molar-refractivity contribution in [3.8, 4) is 0 Å². The van der Waals surface area contributed by atoms with Gasteiger partial charge in [0.25, 0.3) is 5.91 Å². The molecule has 0 radical (unpaired) electrons. The van der Waals surface area contributed by atoms with E-state index in [1.807, 2.05) is 29.0 Å². The molecule has 5 rings (SSSR count). The van der Waals surface area contributed by atoms with E-state index in [9.17, 15) is 15.0 Å². The fourth-order valence-corrected chi connectivity index (χ4v) is 4.28. The Balaban J connectivity index is 1.59. The Hall–Kier alpha value is -2.81. The van der Waals surface area contributed by atoms with Crippen molar-refractivity contribution in [3.05, 3.63) is 54.0 Å². The number of nitrogens with zero attached hydrogens (tertiary/aromatic N) is 4. The van der Waals surface area contributed by atoms with Crippen molar-refractivity contribution < 1.29 is 19.7 Å². The molecule has 1 fully saturated rings. The lowest BCUT2D eigenvalue weighted by Crippen LogP contribution is -2.32. The molecular weight excluding hydrogens is 372 g/mol. The molecule has 0 spiro atoms. The summed E-state index contributed by atoms with van der Waals surface area (Å²) in [4.78, 5) is 23.8. The molecule has 1 amide bonds. The number of anilines is 1. The van der Waals surface area contributed by atoms with Crippen LogP contribution in [-0.4, -0.2) is 56.0 Å². The lowest BCUT2D eigenvalue weighted by molar-refractivity contribution is -0.0430. The van der Waals surface area contributed by atoms with Crippen molar-refractivity contribution in [2.24, 2.45) is 0 Å². The first-order valence-electron chi connectivity index (χ1n) is 9.83. The summed E-state index contributed by atoms with van der Waals surface area (Å²) in [5.41, 5.74) is 2.35. The first kappa shape index (κ1) is 18.2. The minimum Gasteiger partial charge on any atom is -0.394 e. The van der Waals surface area contributed by atoms with Crippen LogP contribution in [0.3, 0.4) is 0 Å². The molecule has 0 aliphatic carbocycles. The topological polar surface area (TPSA) is 101 Å². The molecule has 2 aliphatic rings. The Morgan fingerprint density at radius 2 is 2.07 bits per heavy atom. The molecule has 29 heavy (non-hydrogen) atoms. The zero-order valence-corrected chi connectivity index (χ0v) is 15.8. The highest BCUT2D eigenvalue weighted by Gasteiger charge is 2.36. The molecule has 0 saturated carbocycles. The number of carbonyl (C=O) groups is 1. The second kappa shape index (κ2) is 7.22. The van der Waals surface area contributed by atoms with Gasteiger partial charge in [0.1, 0.15) is 30.1 Å². The van der Waals surface area contributed by atoms with Gasteiger partial charge in [0, 0.05) is 24.7 Å². The Morgan fingerprint density at radius 1 is 1.24 bits per heavy atom. The van der Waals surface area contributed by atoms with Gasteiger partial charge in [0.2, 0.25) is 0 Å². The lowest BCUT2D eigenvalue weighted by Gasteiger charge is -2.21. The number of hydrogen-bond acceptors (Lipinski definition) is 6. The molecule has 150 valence electrons. The molecule has 8 heteroatoms. The third-order valence-electron chi connectivity index (χ3n) is 5.71. The molecule has 8 nitrogen and oxygen atoms in total. The van der Waals surface area contributed by atoms with Crippen molar-refractivity contribution in [3.63, 3.8) is 0 Å². The minimum absolute atomic E-state index is 0.0842. The van der Waals surface area contributed by atoms with E-state index in [1.54, 1.807) is 17.0 Å². The van der Waals surface area contributed by atoms with E-state index in [2.05, 4.69) is 9.97 Å². The Bertz CT molecular complexity index is 1050. The Labute approximate surface area is 167 Å². The number of carbonyl (C=O) groups excluding carboxylic acids is 1. The smallest absolute Gasteiger partial charge is 0.259 e. The molecule has 0 unspecified atom stereocenters. The van der Waals surface area contributed by atoms with Crippen LogP contribution in [0.15, 0.2) is 42.9 Å². The van der Waals surface area contributed by atoms with Gasteiger partial charge in [-0.05, 0) is 30.5 Å². The maximum absolute atomic E-state index is 13.2. The molecule has 2 aliphatic heterocycles. The summed E-state index contributed by atoms with van der Waals surface area (Å²) < 4.78 is 7.73. The van der Waals surface area contributed by atoms with Crippen LogP contribution in [0.25, 0.3) is 11.0 Å². The molecule has 0 bridgehead atoms. The highest BCUT2D eigenvalue weighted by Crippen LogP contribution is 2.37. The fourth-order valence-electron chi connectivity index (χ4n) is 4.28. The van der Waals surface area contributed by atoms with Gasteiger partial charge in [0.05, 0.1) is 18.1 Å². The molecule has 1 aromatic carbocycles. The highest BCUT2D eigenvalue weighted by atomic mass is 16.5. The van der Waals surface area contributed by atoms with Crippen LogP contribution >= 0.6 is 0 Å². The van der Waals surface area contributed by atoms with Gasteiger partial charge >= 0.3 is 0 Å².